The van der Waals surface area contributed by atoms with Crippen LogP contribution >= 0.6 is 27.7 Å². The third kappa shape index (κ3) is 6.48. The van der Waals surface area contributed by atoms with Crippen LogP contribution in [0.3, 0.4) is 0 Å². The van der Waals surface area contributed by atoms with Gasteiger partial charge in [-0.1, -0.05) is 28.8 Å². The summed E-state index contributed by atoms with van der Waals surface area (Å²) in [5, 5.41) is 2.85. The lowest BCUT2D eigenvalue weighted by atomic mass is 10.2. The minimum atomic E-state index is -0.0222. The van der Waals surface area contributed by atoms with E-state index in [1.807, 2.05) is 30.0 Å². The molecule has 0 aliphatic carbocycles. The van der Waals surface area contributed by atoms with Crippen molar-refractivity contribution in [1.29, 1.82) is 0 Å². The van der Waals surface area contributed by atoms with Crippen molar-refractivity contribution in [2.75, 3.05) is 25.4 Å². The number of nitrogens with zero attached hydrogens (tertiary/aromatic N) is 1. The molecule has 24 heavy (non-hydrogen) atoms. The Labute approximate surface area is 156 Å². The number of benzene rings is 1. The molecule has 1 aliphatic rings. The first-order valence-electron chi connectivity index (χ1n) is 8.49. The van der Waals surface area contributed by atoms with Gasteiger partial charge in [-0.05, 0) is 43.5 Å². The highest BCUT2D eigenvalue weighted by Crippen LogP contribution is 2.25. The molecule has 1 aromatic rings. The molecular weight excluding hydrogens is 388 g/mol. The van der Waals surface area contributed by atoms with E-state index >= 15 is 0 Å². The number of likely N-dealkylation sites (tertiary alicyclic amines) is 1. The Morgan fingerprint density at radius 1 is 1.21 bits per heavy atom. The first-order chi connectivity index (χ1) is 11.6. The first-order valence-corrected chi connectivity index (χ1v) is 10.3. The van der Waals surface area contributed by atoms with Gasteiger partial charge in [-0.15, -0.1) is 11.8 Å². The molecule has 2 rings (SSSR count). The molecule has 1 fully saturated rings. The van der Waals surface area contributed by atoms with Gasteiger partial charge in [0.1, 0.15) is 0 Å². The second-order valence-corrected chi connectivity index (χ2v) is 8.03. The predicted octanol–water partition coefficient (Wildman–Crippen LogP) is 3.76. The summed E-state index contributed by atoms with van der Waals surface area (Å²) in [6.07, 6.45) is 5.02. The van der Waals surface area contributed by atoms with Crippen LogP contribution in [0.2, 0.25) is 0 Å². The summed E-state index contributed by atoms with van der Waals surface area (Å²) >= 11 is 4.96. The van der Waals surface area contributed by atoms with Crippen molar-refractivity contribution in [3.8, 4) is 0 Å². The molecule has 0 bridgehead atoms. The van der Waals surface area contributed by atoms with E-state index in [1.54, 1.807) is 0 Å². The number of rotatable bonds is 6. The van der Waals surface area contributed by atoms with Gasteiger partial charge in [-0.2, -0.15) is 0 Å². The number of amides is 2. The van der Waals surface area contributed by atoms with Crippen LogP contribution in [0.1, 0.15) is 37.7 Å². The average molecular weight is 413 g/mol. The number of aryl methyl sites for hydroxylation is 1. The van der Waals surface area contributed by atoms with E-state index in [0.717, 1.165) is 40.9 Å². The highest BCUT2D eigenvalue weighted by atomic mass is 79.9. The van der Waals surface area contributed by atoms with Gasteiger partial charge in [0.2, 0.25) is 11.8 Å². The van der Waals surface area contributed by atoms with Crippen LogP contribution < -0.4 is 5.32 Å². The fourth-order valence-corrected chi connectivity index (χ4v) is 4.07. The number of carbonyl (C=O) groups excluding carboxylic acids is 2. The van der Waals surface area contributed by atoms with Crippen molar-refractivity contribution in [3.63, 3.8) is 0 Å². The van der Waals surface area contributed by atoms with Gasteiger partial charge in [0, 0.05) is 35.4 Å². The highest BCUT2D eigenvalue weighted by Gasteiger charge is 2.15. The fraction of sp³-hybridized carbons (Fsp3) is 0.556. The second kappa shape index (κ2) is 10.1. The Kier molecular flexibility index (Phi) is 8.12. The van der Waals surface area contributed by atoms with E-state index in [4.69, 9.17) is 0 Å². The van der Waals surface area contributed by atoms with E-state index in [9.17, 15) is 9.59 Å². The Morgan fingerprint density at radius 2 is 1.92 bits per heavy atom. The van der Waals surface area contributed by atoms with Crippen LogP contribution in [-0.4, -0.2) is 42.1 Å². The average Bonchev–Trinajstić information content (AvgIpc) is 2.83. The van der Waals surface area contributed by atoms with Crippen molar-refractivity contribution in [1.82, 2.24) is 10.2 Å². The molecule has 2 amide bonds. The smallest absolute Gasteiger partial charge is 0.230 e. The summed E-state index contributed by atoms with van der Waals surface area (Å²) in [5.41, 5.74) is 1.15. The second-order valence-electron chi connectivity index (χ2n) is 6.09. The van der Waals surface area contributed by atoms with Gasteiger partial charge >= 0.3 is 0 Å². The number of nitrogens with one attached hydrogen (secondary N) is 1. The maximum atomic E-state index is 12.2. The number of halogens is 1. The molecule has 4 nitrogen and oxygen atoms in total. The fourth-order valence-electron chi connectivity index (χ4n) is 2.76. The molecule has 132 valence electrons. The molecule has 0 atom stereocenters. The molecule has 0 unspecified atom stereocenters. The quantitative estimate of drug-likeness (QED) is 0.723. The molecule has 0 saturated carbocycles. The number of thioether (sulfide) groups is 1. The van der Waals surface area contributed by atoms with Crippen LogP contribution in [0.15, 0.2) is 27.6 Å². The number of carbonyl (C=O) groups is 2. The van der Waals surface area contributed by atoms with Crippen LogP contribution in [-0.2, 0) is 9.59 Å². The lowest BCUT2D eigenvalue weighted by Crippen LogP contribution is -2.35. The molecule has 1 heterocycles. The molecular formula is C18H25BrN2O2S. The third-order valence-electron chi connectivity index (χ3n) is 4.12. The van der Waals surface area contributed by atoms with E-state index in [-0.39, 0.29) is 11.8 Å². The van der Waals surface area contributed by atoms with Gasteiger partial charge in [-0.25, -0.2) is 0 Å². The molecule has 1 N–H and O–H groups in total. The summed E-state index contributed by atoms with van der Waals surface area (Å²) in [5.74, 6) is 0.514. The first kappa shape index (κ1) is 19.3. The van der Waals surface area contributed by atoms with Crippen LogP contribution in [0.25, 0.3) is 0 Å². The highest BCUT2D eigenvalue weighted by molar-refractivity contribution is 9.10. The van der Waals surface area contributed by atoms with E-state index in [0.29, 0.717) is 18.7 Å². The van der Waals surface area contributed by atoms with Crippen molar-refractivity contribution < 1.29 is 9.59 Å². The maximum Gasteiger partial charge on any atom is 0.230 e. The lowest BCUT2D eigenvalue weighted by Gasteiger charge is -2.20. The zero-order valence-electron chi connectivity index (χ0n) is 14.1. The SMILES string of the molecule is Cc1cc(Br)ccc1SCC(=O)NCCC(=O)N1CCCCCC1. The van der Waals surface area contributed by atoms with Gasteiger partial charge in [0.05, 0.1) is 5.75 Å². The Morgan fingerprint density at radius 3 is 2.58 bits per heavy atom. The van der Waals surface area contributed by atoms with Gasteiger partial charge < -0.3 is 10.2 Å². The minimum absolute atomic E-state index is 0.0222. The van der Waals surface area contributed by atoms with Crippen LogP contribution in [0.4, 0.5) is 0 Å². The van der Waals surface area contributed by atoms with E-state index in [1.165, 1.54) is 24.6 Å². The van der Waals surface area contributed by atoms with Crippen molar-refractivity contribution in [2.45, 2.75) is 43.9 Å². The Hall–Kier alpha value is -1.01. The zero-order chi connectivity index (χ0) is 17.4. The standard InChI is InChI=1S/C18H25BrN2O2S/c1-14-12-15(19)6-7-16(14)24-13-17(22)20-9-8-18(23)21-10-4-2-3-5-11-21/h6-7,12H,2-5,8-11,13H2,1H3,(H,20,22). The summed E-state index contributed by atoms with van der Waals surface area (Å²) in [6, 6.07) is 6.04. The van der Waals surface area contributed by atoms with E-state index < -0.39 is 0 Å². The normalized spacial score (nSPS) is 15.0. The van der Waals surface area contributed by atoms with Crippen LogP contribution in [0, 0.1) is 6.92 Å². The third-order valence-corrected chi connectivity index (χ3v) is 5.78. The topological polar surface area (TPSA) is 49.4 Å². The van der Waals surface area contributed by atoms with Crippen LogP contribution in [0.5, 0.6) is 0 Å². The molecule has 0 radical (unpaired) electrons. The molecule has 1 aliphatic heterocycles. The van der Waals surface area contributed by atoms with Crippen molar-refractivity contribution >= 4 is 39.5 Å². The summed E-state index contributed by atoms with van der Waals surface area (Å²) in [7, 11) is 0. The maximum absolute atomic E-state index is 12.2. The van der Waals surface area contributed by atoms with Gasteiger partial charge in [0.15, 0.2) is 0 Å². The van der Waals surface area contributed by atoms with Gasteiger partial charge in [0.25, 0.3) is 0 Å². The van der Waals surface area contributed by atoms with E-state index in [2.05, 4.69) is 21.2 Å². The number of hydrogen-bond acceptors (Lipinski definition) is 3. The lowest BCUT2D eigenvalue weighted by molar-refractivity contribution is -0.131. The summed E-state index contributed by atoms with van der Waals surface area (Å²) < 4.78 is 1.04. The largest absolute Gasteiger partial charge is 0.355 e. The monoisotopic (exact) mass is 412 g/mol. The Balaban J connectivity index is 1.66. The summed E-state index contributed by atoms with van der Waals surface area (Å²) in [4.78, 5) is 27.1. The molecule has 0 aromatic heterocycles. The van der Waals surface area contributed by atoms with Crippen molar-refractivity contribution in [3.05, 3.63) is 28.2 Å². The molecule has 0 spiro atoms. The predicted molar refractivity (Wildman–Crippen MR) is 102 cm³/mol. The Bertz CT molecular complexity index is 572. The molecule has 1 saturated heterocycles. The minimum Gasteiger partial charge on any atom is -0.355 e. The number of hydrogen-bond donors (Lipinski definition) is 1. The zero-order valence-corrected chi connectivity index (χ0v) is 16.5. The van der Waals surface area contributed by atoms with Gasteiger partial charge in [-0.3, -0.25) is 9.59 Å². The summed E-state index contributed by atoms with van der Waals surface area (Å²) in [6.45, 7) is 4.19. The molecule has 6 heteroatoms. The van der Waals surface area contributed by atoms with Crippen molar-refractivity contribution in [2.24, 2.45) is 0 Å². The molecule has 1 aromatic carbocycles.